The third kappa shape index (κ3) is 7.51. The average Bonchev–Trinajstić information content (AvgIpc) is 2.62. The second-order valence-corrected chi connectivity index (χ2v) is 8.08. The number of hydrogen-bond acceptors (Lipinski definition) is 5. The van der Waals surface area contributed by atoms with Crippen LogP contribution >= 0.6 is 11.8 Å². The molecule has 0 aliphatic carbocycles. The molecule has 2 aromatic rings. The van der Waals surface area contributed by atoms with Gasteiger partial charge in [0.2, 0.25) is 0 Å². The molecule has 1 N–H and O–H groups in total. The van der Waals surface area contributed by atoms with Gasteiger partial charge < -0.3 is 0 Å². The lowest BCUT2D eigenvalue weighted by Crippen LogP contribution is -2.19. The van der Waals surface area contributed by atoms with Crippen molar-refractivity contribution in [1.82, 2.24) is 15.4 Å². The number of rotatable bonds is 8. The fourth-order valence-electron chi connectivity index (χ4n) is 2.42. The van der Waals surface area contributed by atoms with Gasteiger partial charge in [-0.1, -0.05) is 37.7 Å². The summed E-state index contributed by atoms with van der Waals surface area (Å²) in [7, 11) is 0. The Balaban J connectivity index is 1.88. The molecule has 1 aromatic heterocycles. The zero-order valence-electron chi connectivity index (χ0n) is 16.7. The van der Waals surface area contributed by atoms with Crippen molar-refractivity contribution in [2.75, 3.05) is 0 Å². The highest BCUT2D eigenvalue weighted by Gasteiger charge is 2.06. The van der Waals surface area contributed by atoms with Crippen molar-refractivity contribution < 1.29 is 4.79 Å². The minimum Gasteiger partial charge on any atom is -0.267 e. The number of amides is 1. The van der Waals surface area contributed by atoms with Gasteiger partial charge >= 0.3 is 0 Å². The summed E-state index contributed by atoms with van der Waals surface area (Å²) < 4.78 is 0. The van der Waals surface area contributed by atoms with Gasteiger partial charge in [-0.15, -0.1) is 0 Å². The van der Waals surface area contributed by atoms with Crippen LogP contribution in [0.25, 0.3) is 0 Å². The Kier molecular flexibility index (Phi) is 7.98. The SMILES string of the molecule is C/C(CCC(C)C)=N\NC(=O)c1ccc(CSc2nc(C)cc(C)n2)cc1. The molecule has 1 aromatic carbocycles. The third-order valence-corrected chi connectivity index (χ3v) is 4.90. The van der Waals surface area contributed by atoms with Gasteiger partial charge in [-0.25, -0.2) is 15.4 Å². The molecule has 1 heterocycles. The van der Waals surface area contributed by atoms with E-state index < -0.39 is 0 Å². The van der Waals surface area contributed by atoms with Gasteiger partial charge in [-0.2, -0.15) is 5.10 Å². The normalized spacial score (nSPS) is 11.7. The summed E-state index contributed by atoms with van der Waals surface area (Å²) in [5.74, 6) is 1.21. The molecule has 1 amide bonds. The lowest BCUT2D eigenvalue weighted by molar-refractivity contribution is 0.0954. The summed E-state index contributed by atoms with van der Waals surface area (Å²) in [4.78, 5) is 21.1. The van der Waals surface area contributed by atoms with Gasteiger partial charge in [0, 0.05) is 28.4 Å². The highest BCUT2D eigenvalue weighted by Crippen LogP contribution is 2.20. The molecule has 0 bridgehead atoms. The van der Waals surface area contributed by atoms with E-state index in [4.69, 9.17) is 0 Å². The molecule has 0 atom stereocenters. The van der Waals surface area contributed by atoms with Gasteiger partial charge in [0.1, 0.15) is 0 Å². The van der Waals surface area contributed by atoms with Crippen LogP contribution in [0.3, 0.4) is 0 Å². The largest absolute Gasteiger partial charge is 0.271 e. The average molecular weight is 385 g/mol. The zero-order valence-corrected chi connectivity index (χ0v) is 17.6. The van der Waals surface area contributed by atoms with Crippen molar-refractivity contribution in [2.45, 2.75) is 58.4 Å². The smallest absolute Gasteiger partial charge is 0.267 e. The van der Waals surface area contributed by atoms with E-state index in [2.05, 4.69) is 34.3 Å². The molecule has 0 spiro atoms. The number of carbonyl (C=O) groups is 1. The lowest BCUT2D eigenvalue weighted by atomic mass is 10.1. The highest BCUT2D eigenvalue weighted by molar-refractivity contribution is 7.98. The predicted molar refractivity (Wildman–Crippen MR) is 112 cm³/mol. The van der Waals surface area contributed by atoms with Gasteiger partial charge in [0.25, 0.3) is 5.91 Å². The first-order chi connectivity index (χ1) is 12.8. The highest BCUT2D eigenvalue weighted by atomic mass is 32.2. The van der Waals surface area contributed by atoms with Crippen LogP contribution in [-0.4, -0.2) is 21.6 Å². The van der Waals surface area contributed by atoms with Crippen LogP contribution in [0.5, 0.6) is 0 Å². The third-order valence-electron chi connectivity index (χ3n) is 3.98. The van der Waals surface area contributed by atoms with E-state index in [-0.39, 0.29) is 5.91 Å². The van der Waals surface area contributed by atoms with Crippen LogP contribution in [0.15, 0.2) is 40.6 Å². The fraction of sp³-hybridized carbons (Fsp3) is 0.429. The number of nitrogens with one attached hydrogen (secondary N) is 1. The summed E-state index contributed by atoms with van der Waals surface area (Å²) >= 11 is 1.59. The molecule has 0 radical (unpaired) electrons. The van der Waals surface area contributed by atoms with E-state index in [1.807, 2.05) is 51.1 Å². The van der Waals surface area contributed by atoms with Gasteiger partial charge in [0.15, 0.2) is 5.16 Å². The first-order valence-electron chi connectivity index (χ1n) is 9.21. The first kappa shape index (κ1) is 21.1. The minimum atomic E-state index is -0.184. The van der Waals surface area contributed by atoms with Crippen molar-refractivity contribution in [1.29, 1.82) is 0 Å². The predicted octanol–water partition coefficient (Wildman–Crippen LogP) is 4.93. The summed E-state index contributed by atoms with van der Waals surface area (Å²) in [6.45, 7) is 10.2. The van der Waals surface area contributed by atoms with Crippen LogP contribution in [-0.2, 0) is 5.75 Å². The molecular weight excluding hydrogens is 356 g/mol. The number of carbonyl (C=O) groups excluding carboxylic acids is 1. The number of thioether (sulfide) groups is 1. The molecule has 0 saturated carbocycles. The summed E-state index contributed by atoms with van der Waals surface area (Å²) in [6, 6.07) is 9.53. The van der Waals surface area contributed by atoms with Crippen molar-refractivity contribution in [3.8, 4) is 0 Å². The van der Waals surface area contributed by atoms with E-state index in [1.165, 1.54) is 0 Å². The van der Waals surface area contributed by atoms with Crippen LogP contribution in [0.1, 0.15) is 60.9 Å². The second kappa shape index (κ2) is 10.2. The molecule has 27 heavy (non-hydrogen) atoms. The number of nitrogens with zero attached hydrogens (tertiary/aromatic N) is 3. The number of hydrogen-bond donors (Lipinski definition) is 1. The van der Waals surface area contributed by atoms with Crippen LogP contribution in [0.2, 0.25) is 0 Å². The Labute approximate surface area is 166 Å². The zero-order chi connectivity index (χ0) is 19.8. The summed E-state index contributed by atoms with van der Waals surface area (Å²) in [5, 5.41) is 4.96. The Morgan fingerprint density at radius 3 is 2.37 bits per heavy atom. The standard InChI is InChI=1S/C21H28N4OS/c1-14(2)6-7-15(3)24-25-20(26)19-10-8-18(9-11-19)13-27-21-22-16(4)12-17(5)23-21/h8-12,14H,6-7,13H2,1-5H3,(H,25,26)/b24-15+. The van der Waals surface area contributed by atoms with Crippen LogP contribution in [0.4, 0.5) is 0 Å². The Hall–Kier alpha value is -2.21. The maximum atomic E-state index is 12.2. The minimum absolute atomic E-state index is 0.184. The Bertz CT molecular complexity index is 780. The van der Waals surface area contributed by atoms with Gasteiger partial charge in [0.05, 0.1) is 0 Å². The van der Waals surface area contributed by atoms with Crippen LogP contribution in [0, 0.1) is 19.8 Å². The quantitative estimate of drug-likeness (QED) is 0.303. The van der Waals surface area contributed by atoms with E-state index in [0.29, 0.717) is 11.5 Å². The summed E-state index contributed by atoms with van der Waals surface area (Å²) in [5.41, 5.74) is 7.25. The molecule has 0 aliphatic rings. The van der Waals surface area contributed by atoms with Crippen LogP contribution < -0.4 is 5.43 Å². The molecule has 5 nitrogen and oxygen atoms in total. The molecule has 0 aliphatic heterocycles. The van der Waals surface area contributed by atoms with Crippen molar-refractivity contribution >= 4 is 23.4 Å². The van der Waals surface area contributed by atoms with Crippen molar-refractivity contribution in [3.63, 3.8) is 0 Å². The summed E-state index contributed by atoms with van der Waals surface area (Å²) in [6.07, 6.45) is 1.97. The van der Waals surface area contributed by atoms with E-state index in [1.54, 1.807) is 11.8 Å². The molecule has 0 saturated heterocycles. The molecular formula is C21H28N4OS. The number of benzene rings is 1. The number of aromatic nitrogens is 2. The van der Waals surface area contributed by atoms with E-state index in [0.717, 1.165) is 46.4 Å². The number of hydrazone groups is 1. The monoisotopic (exact) mass is 384 g/mol. The maximum absolute atomic E-state index is 12.2. The van der Waals surface area contributed by atoms with Crippen molar-refractivity contribution in [3.05, 3.63) is 52.8 Å². The topological polar surface area (TPSA) is 67.2 Å². The Morgan fingerprint density at radius 1 is 1.15 bits per heavy atom. The Morgan fingerprint density at radius 2 is 1.78 bits per heavy atom. The first-order valence-corrected chi connectivity index (χ1v) is 10.2. The lowest BCUT2D eigenvalue weighted by Gasteiger charge is -2.06. The molecule has 6 heteroatoms. The maximum Gasteiger partial charge on any atom is 0.271 e. The van der Waals surface area contributed by atoms with Crippen molar-refractivity contribution in [2.24, 2.45) is 11.0 Å². The van der Waals surface area contributed by atoms with E-state index in [9.17, 15) is 4.79 Å². The van der Waals surface area contributed by atoms with E-state index >= 15 is 0 Å². The molecule has 0 unspecified atom stereocenters. The fourth-order valence-corrected chi connectivity index (χ4v) is 3.33. The van der Waals surface area contributed by atoms with Gasteiger partial charge in [-0.3, -0.25) is 4.79 Å². The molecule has 0 fully saturated rings. The van der Waals surface area contributed by atoms with Gasteiger partial charge in [-0.05, 0) is 63.3 Å². The molecule has 2 rings (SSSR count). The molecule has 144 valence electrons. The number of aryl methyl sites for hydroxylation is 2. The second-order valence-electron chi connectivity index (χ2n) is 7.14.